The SMILES string of the molecule is c1ccc(Nc2cc([C@H]3CCCN3Cc3cscn3)ccn2)nc1. The van der Waals surface area contributed by atoms with Crippen molar-refractivity contribution in [2.45, 2.75) is 25.4 Å². The first-order chi connectivity index (χ1) is 11.9. The first-order valence-corrected chi connectivity index (χ1v) is 9.08. The summed E-state index contributed by atoms with van der Waals surface area (Å²) in [7, 11) is 0. The average molecular weight is 337 g/mol. The Balaban J connectivity index is 1.51. The van der Waals surface area contributed by atoms with Gasteiger partial charge in [-0.3, -0.25) is 4.90 Å². The van der Waals surface area contributed by atoms with Crippen LogP contribution >= 0.6 is 11.3 Å². The average Bonchev–Trinajstić information content (AvgIpc) is 3.28. The maximum Gasteiger partial charge on any atom is 0.131 e. The van der Waals surface area contributed by atoms with Gasteiger partial charge in [0, 0.05) is 30.4 Å². The number of rotatable bonds is 5. The largest absolute Gasteiger partial charge is 0.325 e. The van der Waals surface area contributed by atoms with Gasteiger partial charge in [0.25, 0.3) is 0 Å². The number of anilines is 2. The van der Waals surface area contributed by atoms with Crippen molar-refractivity contribution >= 4 is 23.0 Å². The van der Waals surface area contributed by atoms with E-state index in [2.05, 4.69) is 42.7 Å². The molecule has 1 aliphatic rings. The molecule has 4 heterocycles. The molecule has 1 aliphatic heterocycles. The van der Waals surface area contributed by atoms with E-state index >= 15 is 0 Å². The molecule has 0 radical (unpaired) electrons. The summed E-state index contributed by atoms with van der Waals surface area (Å²) in [5.41, 5.74) is 4.37. The highest BCUT2D eigenvalue weighted by atomic mass is 32.1. The van der Waals surface area contributed by atoms with E-state index in [1.165, 1.54) is 18.4 Å². The predicted molar refractivity (Wildman–Crippen MR) is 96.3 cm³/mol. The number of thiazole rings is 1. The molecule has 5 nitrogen and oxygen atoms in total. The topological polar surface area (TPSA) is 53.9 Å². The molecule has 1 fully saturated rings. The fourth-order valence-corrected chi connectivity index (χ4v) is 3.76. The third kappa shape index (κ3) is 3.44. The molecule has 122 valence electrons. The number of aromatic nitrogens is 3. The molecule has 3 aromatic heterocycles. The van der Waals surface area contributed by atoms with E-state index < -0.39 is 0 Å². The van der Waals surface area contributed by atoms with E-state index in [4.69, 9.17) is 0 Å². The molecule has 0 aliphatic carbocycles. The number of likely N-dealkylation sites (tertiary alicyclic amines) is 1. The zero-order chi connectivity index (χ0) is 16.2. The minimum Gasteiger partial charge on any atom is -0.325 e. The molecule has 0 aromatic carbocycles. The number of nitrogens with zero attached hydrogens (tertiary/aromatic N) is 4. The van der Waals surface area contributed by atoms with Crippen LogP contribution in [0, 0.1) is 0 Å². The van der Waals surface area contributed by atoms with Crippen LogP contribution in [0.1, 0.15) is 30.1 Å². The van der Waals surface area contributed by atoms with Gasteiger partial charge in [-0.2, -0.15) is 0 Å². The van der Waals surface area contributed by atoms with Crippen LogP contribution in [0.3, 0.4) is 0 Å². The molecular weight excluding hydrogens is 318 g/mol. The van der Waals surface area contributed by atoms with E-state index in [9.17, 15) is 0 Å². The summed E-state index contributed by atoms with van der Waals surface area (Å²) in [5, 5.41) is 5.41. The first-order valence-electron chi connectivity index (χ1n) is 8.13. The summed E-state index contributed by atoms with van der Waals surface area (Å²) >= 11 is 1.66. The Morgan fingerprint density at radius 2 is 2.08 bits per heavy atom. The Kier molecular flexibility index (Phi) is 4.49. The van der Waals surface area contributed by atoms with Gasteiger partial charge < -0.3 is 5.32 Å². The zero-order valence-corrected chi connectivity index (χ0v) is 14.1. The maximum absolute atomic E-state index is 4.43. The molecular formula is C18H19N5S. The van der Waals surface area contributed by atoms with E-state index in [1.807, 2.05) is 29.9 Å². The molecule has 1 saturated heterocycles. The fraction of sp³-hybridized carbons (Fsp3) is 0.278. The second kappa shape index (κ2) is 7.07. The van der Waals surface area contributed by atoms with Crippen LogP contribution in [0.4, 0.5) is 11.6 Å². The minimum absolute atomic E-state index is 0.430. The molecule has 0 saturated carbocycles. The van der Waals surface area contributed by atoms with Gasteiger partial charge in [0.1, 0.15) is 11.6 Å². The van der Waals surface area contributed by atoms with Gasteiger partial charge >= 0.3 is 0 Å². The van der Waals surface area contributed by atoms with E-state index in [1.54, 1.807) is 17.5 Å². The van der Waals surface area contributed by atoms with Crippen molar-refractivity contribution in [3.05, 3.63) is 64.9 Å². The smallest absolute Gasteiger partial charge is 0.131 e. The Morgan fingerprint density at radius 1 is 1.12 bits per heavy atom. The van der Waals surface area contributed by atoms with Crippen molar-refractivity contribution in [2.75, 3.05) is 11.9 Å². The van der Waals surface area contributed by atoms with Crippen molar-refractivity contribution in [1.29, 1.82) is 0 Å². The lowest BCUT2D eigenvalue weighted by molar-refractivity contribution is 0.246. The minimum atomic E-state index is 0.430. The molecule has 3 aromatic rings. The van der Waals surface area contributed by atoms with Gasteiger partial charge in [-0.1, -0.05) is 6.07 Å². The fourth-order valence-electron chi connectivity index (χ4n) is 3.21. The van der Waals surface area contributed by atoms with Crippen molar-refractivity contribution in [3.63, 3.8) is 0 Å². The van der Waals surface area contributed by atoms with Gasteiger partial charge in [0.15, 0.2) is 0 Å². The van der Waals surface area contributed by atoms with Crippen LogP contribution in [-0.2, 0) is 6.54 Å². The summed E-state index contributed by atoms with van der Waals surface area (Å²) in [4.78, 5) is 15.7. The van der Waals surface area contributed by atoms with E-state index in [0.717, 1.165) is 30.4 Å². The summed E-state index contributed by atoms with van der Waals surface area (Å²) in [5.74, 6) is 1.65. The number of pyridine rings is 2. The molecule has 0 spiro atoms. The highest BCUT2D eigenvalue weighted by Gasteiger charge is 2.26. The predicted octanol–water partition coefficient (Wildman–Crippen LogP) is 4.01. The van der Waals surface area contributed by atoms with E-state index in [0.29, 0.717) is 6.04 Å². The van der Waals surface area contributed by atoms with Crippen LogP contribution in [-0.4, -0.2) is 26.4 Å². The van der Waals surface area contributed by atoms with Gasteiger partial charge in [-0.15, -0.1) is 11.3 Å². The lowest BCUT2D eigenvalue weighted by atomic mass is 10.1. The quantitative estimate of drug-likeness (QED) is 0.762. The molecule has 0 bridgehead atoms. The summed E-state index contributed by atoms with van der Waals surface area (Å²) < 4.78 is 0. The molecule has 0 amide bonds. The highest BCUT2D eigenvalue weighted by Crippen LogP contribution is 2.33. The van der Waals surface area contributed by atoms with Crippen molar-refractivity contribution in [3.8, 4) is 0 Å². The normalized spacial score (nSPS) is 17.9. The lowest BCUT2D eigenvalue weighted by Crippen LogP contribution is -2.23. The third-order valence-corrected chi connectivity index (χ3v) is 4.94. The van der Waals surface area contributed by atoms with Crippen LogP contribution in [0.25, 0.3) is 0 Å². The van der Waals surface area contributed by atoms with Gasteiger partial charge in [-0.05, 0) is 49.2 Å². The van der Waals surface area contributed by atoms with Gasteiger partial charge in [0.2, 0.25) is 0 Å². The van der Waals surface area contributed by atoms with Crippen LogP contribution in [0.5, 0.6) is 0 Å². The van der Waals surface area contributed by atoms with Crippen LogP contribution in [0.15, 0.2) is 53.6 Å². The van der Waals surface area contributed by atoms with Gasteiger partial charge in [0.05, 0.1) is 11.2 Å². The first kappa shape index (κ1) is 15.2. The van der Waals surface area contributed by atoms with Gasteiger partial charge in [-0.25, -0.2) is 15.0 Å². The Hall–Kier alpha value is -2.31. The second-order valence-electron chi connectivity index (χ2n) is 5.92. The highest BCUT2D eigenvalue weighted by molar-refractivity contribution is 7.07. The van der Waals surface area contributed by atoms with Crippen molar-refractivity contribution in [1.82, 2.24) is 19.9 Å². The summed E-state index contributed by atoms with van der Waals surface area (Å²) in [6.07, 6.45) is 6.05. The number of nitrogens with one attached hydrogen (secondary N) is 1. The Labute approximate surface area is 145 Å². The summed E-state index contributed by atoms with van der Waals surface area (Å²) in [6, 6.07) is 10.5. The molecule has 1 N–H and O–H groups in total. The molecule has 24 heavy (non-hydrogen) atoms. The third-order valence-electron chi connectivity index (χ3n) is 4.30. The molecule has 4 rings (SSSR count). The monoisotopic (exact) mass is 337 g/mol. The summed E-state index contributed by atoms with van der Waals surface area (Å²) in [6.45, 7) is 2.03. The van der Waals surface area contributed by atoms with Crippen molar-refractivity contribution < 1.29 is 0 Å². The van der Waals surface area contributed by atoms with E-state index in [-0.39, 0.29) is 0 Å². The number of hydrogen-bond acceptors (Lipinski definition) is 6. The molecule has 6 heteroatoms. The van der Waals surface area contributed by atoms with Crippen LogP contribution in [0.2, 0.25) is 0 Å². The zero-order valence-electron chi connectivity index (χ0n) is 13.3. The molecule has 1 atom stereocenters. The molecule has 0 unspecified atom stereocenters. The Bertz CT molecular complexity index is 775. The Morgan fingerprint density at radius 3 is 2.92 bits per heavy atom. The second-order valence-corrected chi connectivity index (χ2v) is 6.64. The number of hydrogen-bond donors (Lipinski definition) is 1. The van der Waals surface area contributed by atoms with Crippen molar-refractivity contribution in [2.24, 2.45) is 0 Å². The standard InChI is InChI=1S/C18H19N5S/c1-2-7-19-17(5-1)22-18-10-14(6-8-20-18)16-4-3-9-23(16)11-15-12-24-13-21-15/h1-2,5-8,10,12-13,16H,3-4,9,11H2,(H,19,20,22)/t16-/m1/s1. The maximum atomic E-state index is 4.43. The lowest BCUT2D eigenvalue weighted by Gasteiger charge is -2.24. The van der Waals surface area contributed by atoms with Crippen LogP contribution < -0.4 is 5.32 Å².